The maximum Gasteiger partial charge on any atom is 0.410 e. The SMILES string of the molecule is CC(C)(C)OC(=O)N1CCC(NS(=O)(=O)CCCC(=O)O)CC1. The summed E-state index contributed by atoms with van der Waals surface area (Å²) in [4.78, 5) is 23.9. The maximum atomic E-state index is 11.9. The minimum atomic E-state index is -3.49. The van der Waals surface area contributed by atoms with E-state index in [1.165, 1.54) is 0 Å². The van der Waals surface area contributed by atoms with Gasteiger partial charge in [-0.1, -0.05) is 0 Å². The highest BCUT2D eigenvalue weighted by Gasteiger charge is 2.28. The second-order valence-electron chi connectivity index (χ2n) is 6.68. The largest absolute Gasteiger partial charge is 0.481 e. The Kier molecular flexibility index (Phi) is 6.82. The molecule has 0 aromatic carbocycles. The van der Waals surface area contributed by atoms with E-state index in [4.69, 9.17) is 9.84 Å². The highest BCUT2D eigenvalue weighted by atomic mass is 32.2. The predicted octanol–water partition coefficient (Wildman–Crippen LogP) is 1.17. The van der Waals surface area contributed by atoms with Crippen molar-refractivity contribution in [2.45, 2.75) is 58.1 Å². The number of nitrogens with zero attached hydrogens (tertiary/aromatic N) is 1. The first-order chi connectivity index (χ1) is 10.5. The number of likely N-dealkylation sites (tertiary alicyclic amines) is 1. The fourth-order valence-electron chi connectivity index (χ4n) is 2.23. The van der Waals surface area contributed by atoms with E-state index in [0.717, 1.165) is 0 Å². The molecule has 1 saturated heterocycles. The highest BCUT2D eigenvalue weighted by Crippen LogP contribution is 2.16. The summed E-state index contributed by atoms with van der Waals surface area (Å²) in [6, 6.07) is -0.233. The molecule has 0 unspecified atom stereocenters. The number of ether oxygens (including phenoxy) is 1. The predicted molar refractivity (Wildman–Crippen MR) is 84.6 cm³/mol. The minimum Gasteiger partial charge on any atom is -0.481 e. The number of hydrogen-bond acceptors (Lipinski definition) is 5. The number of rotatable bonds is 6. The van der Waals surface area contributed by atoms with Crippen molar-refractivity contribution in [1.29, 1.82) is 0 Å². The molecule has 1 heterocycles. The van der Waals surface area contributed by atoms with Gasteiger partial charge in [-0.05, 0) is 40.0 Å². The number of piperidine rings is 1. The molecular weight excluding hydrogens is 324 g/mol. The van der Waals surface area contributed by atoms with Gasteiger partial charge in [0.05, 0.1) is 5.75 Å². The van der Waals surface area contributed by atoms with E-state index in [2.05, 4.69) is 4.72 Å². The van der Waals surface area contributed by atoms with Crippen molar-refractivity contribution in [2.75, 3.05) is 18.8 Å². The molecular formula is C14H26N2O6S. The summed E-state index contributed by atoms with van der Waals surface area (Å²) in [6.45, 7) is 6.24. The van der Waals surface area contributed by atoms with Crippen LogP contribution in [0.4, 0.5) is 4.79 Å². The number of nitrogens with one attached hydrogen (secondary N) is 1. The molecule has 9 heteroatoms. The third kappa shape index (κ3) is 8.17. The van der Waals surface area contributed by atoms with Crippen molar-refractivity contribution < 1.29 is 27.9 Å². The Morgan fingerprint density at radius 3 is 2.30 bits per heavy atom. The molecule has 1 amide bonds. The van der Waals surface area contributed by atoms with Crippen LogP contribution in [-0.4, -0.2) is 61.0 Å². The number of carbonyl (C=O) groups excluding carboxylic acids is 1. The first-order valence-corrected chi connectivity index (χ1v) is 9.33. The summed E-state index contributed by atoms with van der Waals surface area (Å²) in [7, 11) is -3.49. The highest BCUT2D eigenvalue weighted by molar-refractivity contribution is 7.89. The van der Waals surface area contributed by atoms with Gasteiger partial charge in [-0.15, -0.1) is 0 Å². The van der Waals surface area contributed by atoms with Crippen molar-refractivity contribution >= 4 is 22.1 Å². The third-order valence-electron chi connectivity index (χ3n) is 3.30. The van der Waals surface area contributed by atoms with Crippen LogP contribution in [0.1, 0.15) is 46.5 Å². The van der Waals surface area contributed by atoms with E-state index in [-0.39, 0.29) is 30.7 Å². The maximum absolute atomic E-state index is 11.9. The number of aliphatic carboxylic acids is 1. The van der Waals surface area contributed by atoms with Gasteiger partial charge in [-0.25, -0.2) is 17.9 Å². The van der Waals surface area contributed by atoms with Crippen LogP contribution in [0.25, 0.3) is 0 Å². The number of amides is 1. The fraction of sp³-hybridized carbons (Fsp3) is 0.857. The standard InChI is InChI=1S/C14H26N2O6S/c1-14(2,3)22-13(19)16-8-6-11(7-9-16)15-23(20,21)10-4-5-12(17)18/h11,15H,4-10H2,1-3H3,(H,17,18). The first-order valence-electron chi connectivity index (χ1n) is 7.68. The Bertz CT molecular complexity index is 518. The molecule has 0 bridgehead atoms. The Balaban J connectivity index is 2.38. The molecule has 2 N–H and O–H groups in total. The molecule has 0 aromatic heterocycles. The molecule has 0 aromatic rings. The van der Waals surface area contributed by atoms with Gasteiger partial charge in [-0.2, -0.15) is 0 Å². The molecule has 0 atom stereocenters. The summed E-state index contributed by atoms with van der Waals surface area (Å²) >= 11 is 0. The average Bonchev–Trinajstić information content (AvgIpc) is 2.36. The molecule has 23 heavy (non-hydrogen) atoms. The van der Waals surface area contributed by atoms with Crippen LogP contribution < -0.4 is 4.72 Å². The monoisotopic (exact) mass is 350 g/mol. The number of sulfonamides is 1. The average molecular weight is 350 g/mol. The lowest BCUT2D eigenvalue weighted by Gasteiger charge is -2.33. The van der Waals surface area contributed by atoms with Gasteiger partial charge in [-0.3, -0.25) is 4.79 Å². The molecule has 1 rings (SSSR count). The zero-order valence-corrected chi connectivity index (χ0v) is 14.7. The normalized spacial score (nSPS) is 17.1. The molecule has 1 aliphatic heterocycles. The van der Waals surface area contributed by atoms with Crippen molar-refractivity contribution in [3.8, 4) is 0 Å². The summed E-state index contributed by atoms with van der Waals surface area (Å²) in [5.74, 6) is -1.21. The van der Waals surface area contributed by atoms with Crippen LogP contribution in [0.3, 0.4) is 0 Å². The molecule has 8 nitrogen and oxygen atoms in total. The van der Waals surface area contributed by atoms with Crippen LogP contribution >= 0.6 is 0 Å². The van der Waals surface area contributed by atoms with Crippen LogP contribution in [0.15, 0.2) is 0 Å². The second-order valence-corrected chi connectivity index (χ2v) is 8.55. The number of hydrogen-bond donors (Lipinski definition) is 2. The van der Waals surface area contributed by atoms with E-state index < -0.39 is 21.6 Å². The van der Waals surface area contributed by atoms with Gasteiger partial charge < -0.3 is 14.7 Å². The van der Waals surface area contributed by atoms with E-state index in [0.29, 0.717) is 25.9 Å². The Morgan fingerprint density at radius 2 is 1.83 bits per heavy atom. The second kappa shape index (κ2) is 7.96. The first kappa shape index (κ1) is 19.7. The van der Waals surface area contributed by atoms with Crippen LogP contribution in [-0.2, 0) is 19.6 Å². The van der Waals surface area contributed by atoms with Crippen LogP contribution in [0, 0.1) is 0 Å². The van der Waals surface area contributed by atoms with E-state index in [1.54, 1.807) is 25.7 Å². The van der Waals surface area contributed by atoms with E-state index in [9.17, 15) is 18.0 Å². The minimum absolute atomic E-state index is 0.0847. The van der Waals surface area contributed by atoms with Gasteiger partial charge in [0.15, 0.2) is 0 Å². The lowest BCUT2D eigenvalue weighted by molar-refractivity contribution is -0.137. The summed E-state index contributed by atoms with van der Waals surface area (Å²) in [6.07, 6.45) is 0.550. The fourth-order valence-corrected chi connectivity index (χ4v) is 3.62. The summed E-state index contributed by atoms with van der Waals surface area (Å²) in [5, 5.41) is 8.53. The topological polar surface area (TPSA) is 113 Å². The van der Waals surface area contributed by atoms with Crippen LogP contribution in [0.2, 0.25) is 0 Å². The number of carbonyl (C=O) groups is 2. The van der Waals surface area contributed by atoms with Crippen LogP contribution in [0.5, 0.6) is 0 Å². The lowest BCUT2D eigenvalue weighted by atomic mass is 10.1. The molecule has 1 aliphatic rings. The Morgan fingerprint density at radius 1 is 1.26 bits per heavy atom. The summed E-state index contributed by atoms with van der Waals surface area (Å²) < 4.78 is 31.6. The van der Waals surface area contributed by atoms with Gasteiger partial charge in [0, 0.05) is 25.6 Å². The molecule has 0 saturated carbocycles. The van der Waals surface area contributed by atoms with Gasteiger partial charge in [0.25, 0.3) is 0 Å². The van der Waals surface area contributed by atoms with E-state index >= 15 is 0 Å². The van der Waals surface area contributed by atoms with Crippen molar-refractivity contribution in [3.05, 3.63) is 0 Å². The van der Waals surface area contributed by atoms with Gasteiger partial charge >= 0.3 is 12.1 Å². The molecule has 0 spiro atoms. The van der Waals surface area contributed by atoms with Crippen molar-refractivity contribution in [3.63, 3.8) is 0 Å². The molecule has 1 fully saturated rings. The summed E-state index contributed by atoms with van der Waals surface area (Å²) in [5.41, 5.74) is -0.556. The third-order valence-corrected chi connectivity index (χ3v) is 4.82. The molecule has 0 aliphatic carbocycles. The number of carboxylic acid groups (broad SMARTS) is 1. The molecule has 134 valence electrons. The molecule has 0 radical (unpaired) electrons. The quantitative estimate of drug-likeness (QED) is 0.743. The number of carboxylic acids is 1. The Hall–Kier alpha value is -1.35. The zero-order valence-electron chi connectivity index (χ0n) is 13.9. The van der Waals surface area contributed by atoms with Crippen molar-refractivity contribution in [2.24, 2.45) is 0 Å². The van der Waals surface area contributed by atoms with Gasteiger partial charge in [0.2, 0.25) is 10.0 Å². The smallest absolute Gasteiger partial charge is 0.410 e. The lowest BCUT2D eigenvalue weighted by Crippen LogP contribution is -2.48. The van der Waals surface area contributed by atoms with E-state index in [1.807, 2.05) is 0 Å². The zero-order chi connectivity index (χ0) is 17.7. The van der Waals surface area contributed by atoms with Crippen molar-refractivity contribution in [1.82, 2.24) is 9.62 Å². The Labute approximate surface area is 137 Å². The van der Waals surface area contributed by atoms with Gasteiger partial charge in [0.1, 0.15) is 5.60 Å².